The molecular weight excluding hydrogens is 505 g/mol. The molecule has 0 fully saturated rings. The number of hydrogen-bond donors (Lipinski definition) is 1. The average molecular weight is 518 g/mol. The van der Waals surface area contributed by atoms with Crippen molar-refractivity contribution in [1.82, 2.24) is 0 Å². The Morgan fingerprint density at radius 1 is 0.576 bits per heavy atom. The van der Waals surface area contributed by atoms with Crippen LogP contribution in [0, 0.1) is 6.92 Å². The smallest absolute Gasteiger partial charge is 0.385 e. The van der Waals surface area contributed by atoms with Crippen molar-refractivity contribution in [2.75, 3.05) is 0 Å². The van der Waals surface area contributed by atoms with Gasteiger partial charge in [0.15, 0.2) is 0 Å². The van der Waals surface area contributed by atoms with Crippen LogP contribution in [0.5, 0.6) is 0 Å². The maximum absolute atomic E-state index is 14.0. The van der Waals surface area contributed by atoms with E-state index < -0.39 is 59.3 Å². The van der Waals surface area contributed by atoms with Crippen molar-refractivity contribution in [2.24, 2.45) is 0 Å². The summed E-state index contributed by atoms with van der Waals surface area (Å²) in [6.45, 7) is 1.76. The molecule has 1 N–H and O–H groups in total. The third-order valence-corrected chi connectivity index (χ3v) is 4.63. The van der Waals surface area contributed by atoms with E-state index >= 15 is 0 Å². The molecule has 0 saturated carbocycles. The predicted molar refractivity (Wildman–Crippen MR) is 81.1 cm³/mol. The van der Waals surface area contributed by atoms with Gasteiger partial charge in [-0.2, -0.15) is 65.9 Å². The Morgan fingerprint density at radius 2 is 0.909 bits per heavy atom. The lowest BCUT2D eigenvalue weighted by Gasteiger charge is -2.42. The first kappa shape index (κ1) is 29.2. The van der Waals surface area contributed by atoms with Crippen LogP contribution in [0.2, 0.25) is 0 Å². The van der Waals surface area contributed by atoms with Gasteiger partial charge < -0.3 is 5.11 Å². The Bertz CT molecular complexity index is 837. The number of rotatable bonds is 8. The summed E-state index contributed by atoms with van der Waals surface area (Å²) in [5.74, 6) is -47.0. The summed E-state index contributed by atoms with van der Waals surface area (Å²) >= 11 is 0. The fraction of sp³-hybridized carbons (Fsp3) is 0.647. The number of hydrogen-bond acceptors (Lipinski definition) is 1. The van der Waals surface area contributed by atoms with Crippen LogP contribution >= 0.6 is 0 Å². The summed E-state index contributed by atoms with van der Waals surface area (Å²) in [4.78, 5) is 0. The molecule has 0 aliphatic carbocycles. The molecule has 1 atom stereocenters. The molecule has 0 aromatic heterocycles. The molecule has 0 spiro atoms. The molecular formula is C17H13F15O. The Kier molecular flexibility index (Phi) is 6.92. The lowest BCUT2D eigenvalue weighted by atomic mass is 9.83. The molecule has 192 valence electrons. The van der Waals surface area contributed by atoms with E-state index in [-0.39, 0.29) is 0 Å². The third-order valence-electron chi connectivity index (χ3n) is 4.63. The van der Waals surface area contributed by atoms with Gasteiger partial charge in [0, 0.05) is 0 Å². The minimum absolute atomic E-state index is 0.324. The van der Waals surface area contributed by atoms with E-state index in [4.69, 9.17) is 0 Å². The van der Waals surface area contributed by atoms with Gasteiger partial charge in [-0.25, -0.2) is 0 Å². The van der Waals surface area contributed by atoms with Crippen molar-refractivity contribution in [3.8, 4) is 0 Å². The van der Waals surface area contributed by atoms with Crippen molar-refractivity contribution < 1.29 is 71.0 Å². The zero-order chi connectivity index (χ0) is 26.7. The van der Waals surface area contributed by atoms with Crippen LogP contribution in [0.25, 0.3) is 0 Å². The largest absolute Gasteiger partial charge is 0.460 e. The zero-order valence-corrected chi connectivity index (χ0v) is 16.1. The number of aryl methyl sites for hydroxylation is 1. The molecule has 16 heteroatoms. The summed E-state index contributed by atoms with van der Waals surface area (Å²) in [6.07, 6.45) is -10.5. The molecule has 33 heavy (non-hydrogen) atoms. The first-order valence-electron chi connectivity index (χ1n) is 8.34. The second kappa shape index (κ2) is 7.83. The molecule has 0 saturated heterocycles. The second-order valence-corrected chi connectivity index (χ2v) is 7.39. The van der Waals surface area contributed by atoms with Gasteiger partial charge in [-0.05, 0) is 19.4 Å². The Labute approximate surface area is 175 Å². The lowest BCUT2D eigenvalue weighted by molar-refractivity contribution is -0.453. The minimum atomic E-state index is -8.35. The van der Waals surface area contributed by atoms with Crippen molar-refractivity contribution in [3.63, 3.8) is 0 Å². The van der Waals surface area contributed by atoms with Crippen LogP contribution in [0.1, 0.15) is 24.5 Å². The van der Waals surface area contributed by atoms with E-state index in [1.54, 1.807) is 0 Å². The first-order chi connectivity index (χ1) is 14.2. The van der Waals surface area contributed by atoms with Crippen molar-refractivity contribution in [2.45, 2.75) is 67.6 Å². The van der Waals surface area contributed by atoms with Gasteiger partial charge in [0.1, 0.15) is 0 Å². The fourth-order valence-corrected chi connectivity index (χ4v) is 2.56. The molecule has 0 aliphatic heterocycles. The number of alkyl halides is 15. The highest BCUT2D eigenvalue weighted by atomic mass is 19.4. The summed E-state index contributed by atoms with van der Waals surface area (Å²) < 4.78 is 198. The van der Waals surface area contributed by atoms with Gasteiger partial charge in [0.2, 0.25) is 0 Å². The van der Waals surface area contributed by atoms with Gasteiger partial charge in [-0.3, -0.25) is 0 Å². The van der Waals surface area contributed by atoms with E-state index in [0.717, 1.165) is 24.3 Å². The SMILES string of the molecule is Cc1ccc(C(C)(O)CC(F)(F)C(F)(F)C(F)(F)C(F)(F)C(F)(F)C(F)(F)C(F)(F)F)cc1. The Hall–Kier alpha value is -1.87. The Balaban J connectivity index is 3.52. The normalized spacial score (nSPS) is 17.2. The molecule has 0 bridgehead atoms. The van der Waals surface area contributed by atoms with Gasteiger partial charge in [-0.15, -0.1) is 0 Å². The van der Waals surface area contributed by atoms with E-state index in [1.807, 2.05) is 0 Å². The Morgan fingerprint density at radius 3 is 1.27 bits per heavy atom. The topological polar surface area (TPSA) is 20.2 Å². The molecule has 1 rings (SSSR count). The molecule has 0 amide bonds. The second-order valence-electron chi connectivity index (χ2n) is 7.39. The van der Waals surface area contributed by atoms with E-state index in [0.29, 0.717) is 12.5 Å². The van der Waals surface area contributed by atoms with Gasteiger partial charge >= 0.3 is 41.7 Å². The van der Waals surface area contributed by atoms with Crippen LogP contribution < -0.4 is 0 Å². The molecule has 1 unspecified atom stereocenters. The van der Waals surface area contributed by atoms with Crippen LogP contribution in [0.3, 0.4) is 0 Å². The van der Waals surface area contributed by atoms with Gasteiger partial charge in [0.05, 0.1) is 12.0 Å². The molecule has 0 aliphatic rings. The standard InChI is InChI=1S/C17H13F15O/c1-8-3-5-9(6-4-8)10(2,33)7-11(18,19)12(20,21)13(22,23)14(24,25)15(26,27)16(28,29)17(30,31)32/h3-6,33H,7H2,1-2H3. The van der Waals surface area contributed by atoms with Gasteiger partial charge in [0.25, 0.3) is 0 Å². The highest BCUT2D eigenvalue weighted by Crippen LogP contribution is 2.63. The van der Waals surface area contributed by atoms with E-state index in [2.05, 4.69) is 0 Å². The van der Waals surface area contributed by atoms with E-state index in [1.165, 1.54) is 6.92 Å². The summed E-state index contributed by atoms with van der Waals surface area (Å²) in [5.41, 5.74) is -3.44. The fourth-order valence-electron chi connectivity index (χ4n) is 2.56. The van der Waals surface area contributed by atoms with Crippen LogP contribution in [-0.2, 0) is 5.60 Å². The predicted octanol–water partition coefficient (Wildman–Crippen LogP) is 6.97. The minimum Gasteiger partial charge on any atom is -0.385 e. The summed E-state index contributed by atoms with van der Waals surface area (Å²) in [6, 6.07) is 3.88. The number of aliphatic hydroxyl groups is 1. The summed E-state index contributed by atoms with van der Waals surface area (Å²) in [7, 11) is 0. The van der Waals surface area contributed by atoms with E-state index in [9.17, 15) is 71.0 Å². The van der Waals surface area contributed by atoms with Crippen molar-refractivity contribution >= 4 is 0 Å². The van der Waals surface area contributed by atoms with Crippen LogP contribution in [0.15, 0.2) is 24.3 Å². The molecule has 1 aromatic carbocycles. The molecule has 1 aromatic rings. The first-order valence-corrected chi connectivity index (χ1v) is 8.34. The quantitative estimate of drug-likeness (QED) is 0.369. The number of benzene rings is 1. The molecule has 1 nitrogen and oxygen atoms in total. The maximum atomic E-state index is 14.0. The molecule has 0 heterocycles. The number of halogens is 15. The average Bonchev–Trinajstić information content (AvgIpc) is 2.59. The van der Waals surface area contributed by atoms with Crippen LogP contribution in [0.4, 0.5) is 65.9 Å². The lowest BCUT2D eigenvalue weighted by Crippen LogP contribution is -2.72. The highest BCUT2D eigenvalue weighted by Gasteiger charge is 2.93. The highest BCUT2D eigenvalue weighted by molar-refractivity contribution is 5.27. The van der Waals surface area contributed by atoms with Gasteiger partial charge in [-0.1, -0.05) is 29.8 Å². The summed E-state index contributed by atoms with van der Waals surface area (Å²) in [5, 5.41) is 9.98. The van der Waals surface area contributed by atoms with Crippen LogP contribution in [-0.4, -0.2) is 46.8 Å². The molecule has 0 radical (unpaired) electrons. The van der Waals surface area contributed by atoms with Crippen molar-refractivity contribution in [3.05, 3.63) is 35.4 Å². The maximum Gasteiger partial charge on any atom is 0.460 e. The zero-order valence-electron chi connectivity index (χ0n) is 16.1. The van der Waals surface area contributed by atoms with Crippen molar-refractivity contribution in [1.29, 1.82) is 0 Å². The monoisotopic (exact) mass is 518 g/mol. The third kappa shape index (κ3) is 4.34.